The predicted molar refractivity (Wildman–Crippen MR) is 52.6 cm³/mol. The van der Waals surface area contributed by atoms with Gasteiger partial charge >= 0.3 is 0 Å². The Balaban J connectivity index is 0.00000121. The van der Waals surface area contributed by atoms with E-state index in [1.807, 2.05) is 18.7 Å². The Hall–Kier alpha value is -0.540. The van der Waals surface area contributed by atoms with E-state index in [1.165, 1.54) is 5.69 Å². The summed E-state index contributed by atoms with van der Waals surface area (Å²) >= 11 is 0. The summed E-state index contributed by atoms with van der Waals surface area (Å²) in [5.74, 6) is 0. The van der Waals surface area contributed by atoms with E-state index in [1.54, 1.807) is 0 Å². The number of hydrogen-bond donors (Lipinski definition) is 1. The van der Waals surface area contributed by atoms with Crippen LogP contribution in [0.3, 0.4) is 0 Å². The van der Waals surface area contributed by atoms with Crippen molar-refractivity contribution < 1.29 is 0 Å². The minimum Gasteiger partial charge on any atom is -0.311 e. The third-order valence-corrected chi connectivity index (χ3v) is 1.66. The van der Waals surface area contributed by atoms with Gasteiger partial charge in [0.1, 0.15) is 0 Å². The summed E-state index contributed by atoms with van der Waals surface area (Å²) < 4.78 is 1.91. The van der Waals surface area contributed by atoms with Crippen LogP contribution in [0.15, 0.2) is 6.07 Å². The monoisotopic (exact) mass is 189 g/mol. The number of nitrogens with zero attached hydrogens (tertiary/aromatic N) is 2. The highest BCUT2D eigenvalue weighted by Crippen LogP contribution is 2.00. The molecule has 12 heavy (non-hydrogen) atoms. The molecule has 3 nitrogen and oxygen atoms in total. The van der Waals surface area contributed by atoms with E-state index in [0.717, 1.165) is 18.8 Å². The number of halogens is 1. The third-order valence-electron chi connectivity index (χ3n) is 1.66. The summed E-state index contributed by atoms with van der Waals surface area (Å²) in [7, 11) is 1.97. The maximum Gasteiger partial charge on any atom is 0.0597 e. The quantitative estimate of drug-likeness (QED) is 0.776. The van der Waals surface area contributed by atoms with Crippen LogP contribution in [-0.4, -0.2) is 16.3 Å². The molecule has 1 N–H and O–H groups in total. The van der Waals surface area contributed by atoms with Crippen LogP contribution >= 0.6 is 12.4 Å². The first-order valence-electron chi connectivity index (χ1n) is 3.94. The number of hydrogen-bond acceptors (Lipinski definition) is 2. The van der Waals surface area contributed by atoms with Gasteiger partial charge in [-0.3, -0.25) is 4.68 Å². The highest BCUT2D eigenvalue weighted by atomic mass is 35.5. The van der Waals surface area contributed by atoms with Crippen LogP contribution in [0.25, 0.3) is 0 Å². The second-order valence-corrected chi connectivity index (χ2v) is 2.68. The maximum atomic E-state index is 4.24. The molecule has 0 fully saturated rings. The Morgan fingerprint density at radius 1 is 1.58 bits per heavy atom. The fourth-order valence-electron chi connectivity index (χ4n) is 1.08. The Labute approximate surface area is 79.6 Å². The van der Waals surface area contributed by atoms with Gasteiger partial charge in [0.25, 0.3) is 0 Å². The van der Waals surface area contributed by atoms with E-state index in [0.29, 0.717) is 0 Å². The smallest absolute Gasteiger partial charge is 0.0597 e. The lowest BCUT2D eigenvalue weighted by Crippen LogP contribution is -2.14. The Morgan fingerprint density at radius 3 is 2.67 bits per heavy atom. The van der Waals surface area contributed by atoms with E-state index in [-0.39, 0.29) is 12.4 Å². The Morgan fingerprint density at radius 2 is 2.25 bits per heavy atom. The molecule has 0 unspecified atom stereocenters. The van der Waals surface area contributed by atoms with Crippen molar-refractivity contribution in [2.45, 2.75) is 20.4 Å². The Kier molecular flexibility index (Phi) is 4.93. The van der Waals surface area contributed by atoms with Gasteiger partial charge in [0, 0.05) is 13.6 Å². The van der Waals surface area contributed by atoms with E-state index in [9.17, 15) is 0 Å². The fourth-order valence-corrected chi connectivity index (χ4v) is 1.08. The summed E-state index contributed by atoms with van der Waals surface area (Å²) in [5.41, 5.74) is 2.32. The summed E-state index contributed by atoms with van der Waals surface area (Å²) in [6, 6.07) is 2.10. The van der Waals surface area contributed by atoms with Gasteiger partial charge in [0.15, 0.2) is 0 Å². The largest absolute Gasteiger partial charge is 0.311 e. The number of nitrogens with one attached hydrogen (secondary N) is 1. The van der Waals surface area contributed by atoms with Crippen molar-refractivity contribution >= 4 is 12.4 Å². The molecule has 0 saturated carbocycles. The maximum absolute atomic E-state index is 4.24. The van der Waals surface area contributed by atoms with Crippen LogP contribution < -0.4 is 5.32 Å². The molecule has 0 bridgehead atoms. The molecule has 0 aliphatic rings. The molecule has 0 spiro atoms. The van der Waals surface area contributed by atoms with Crippen molar-refractivity contribution in [1.82, 2.24) is 15.1 Å². The highest BCUT2D eigenvalue weighted by Gasteiger charge is 1.98. The normalized spacial score (nSPS) is 9.58. The van der Waals surface area contributed by atoms with Crippen LogP contribution in [0, 0.1) is 6.92 Å². The summed E-state index contributed by atoms with van der Waals surface area (Å²) in [6.07, 6.45) is 0. The first-order chi connectivity index (χ1) is 5.24. The number of aryl methyl sites for hydroxylation is 2. The molecule has 1 heterocycles. The highest BCUT2D eigenvalue weighted by molar-refractivity contribution is 5.85. The van der Waals surface area contributed by atoms with Crippen molar-refractivity contribution in [1.29, 1.82) is 0 Å². The zero-order valence-electron chi connectivity index (χ0n) is 7.79. The van der Waals surface area contributed by atoms with Gasteiger partial charge in [-0.25, -0.2) is 0 Å². The molecule has 1 rings (SSSR count). The minimum absolute atomic E-state index is 0. The molecule has 0 aromatic carbocycles. The van der Waals surface area contributed by atoms with Crippen molar-refractivity contribution in [3.63, 3.8) is 0 Å². The lowest BCUT2D eigenvalue weighted by atomic mass is 10.3. The van der Waals surface area contributed by atoms with Crippen LogP contribution in [0.1, 0.15) is 18.3 Å². The summed E-state index contributed by atoms with van der Waals surface area (Å²) in [5, 5.41) is 7.50. The van der Waals surface area contributed by atoms with Crippen LogP contribution in [0.5, 0.6) is 0 Å². The molecule has 70 valence electrons. The number of rotatable bonds is 3. The third kappa shape index (κ3) is 2.83. The summed E-state index contributed by atoms with van der Waals surface area (Å²) in [4.78, 5) is 0. The van der Waals surface area contributed by atoms with E-state index < -0.39 is 0 Å². The van der Waals surface area contributed by atoms with Gasteiger partial charge in [-0.15, -0.1) is 12.4 Å². The van der Waals surface area contributed by atoms with Gasteiger partial charge in [-0.2, -0.15) is 5.10 Å². The minimum atomic E-state index is 0. The second kappa shape index (κ2) is 5.17. The van der Waals surface area contributed by atoms with Crippen molar-refractivity contribution in [3.8, 4) is 0 Å². The molecule has 1 aromatic heterocycles. The van der Waals surface area contributed by atoms with Crippen LogP contribution in [0.4, 0.5) is 0 Å². The predicted octanol–water partition coefficient (Wildman–Crippen LogP) is 1.26. The van der Waals surface area contributed by atoms with Crippen LogP contribution in [0.2, 0.25) is 0 Å². The van der Waals surface area contributed by atoms with Crippen molar-refractivity contribution in [3.05, 3.63) is 17.5 Å². The van der Waals surface area contributed by atoms with Gasteiger partial charge in [0.05, 0.1) is 11.4 Å². The second-order valence-electron chi connectivity index (χ2n) is 2.68. The average Bonchev–Trinajstić information content (AvgIpc) is 2.26. The lowest BCUT2D eigenvalue weighted by molar-refractivity contribution is 0.641. The van der Waals surface area contributed by atoms with E-state index >= 15 is 0 Å². The molecular formula is C8H16ClN3. The number of aromatic nitrogens is 2. The first-order valence-corrected chi connectivity index (χ1v) is 3.94. The molecule has 0 atom stereocenters. The zero-order valence-corrected chi connectivity index (χ0v) is 8.61. The van der Waals surface area contributed by atoms with Gasteiger partial charge in [-0.1, -0.05) is 6.92 Å². The molecule has 0 aliphatic carbocycles. The fraction of sp³-hybridized carbons (Fsp3) is 0.625. The SMILES string of the molecule is CCNCc1cc(C)nn1C.Cl. The molecular weight excluding hydrogens is 174 g/mol. The average molecular weight is 190 g/mol. The molecule has 0 amide bonds. The van der Waals surface area contributed by atoms with E-state index in [4.69, 9.17) is 0 Å². The van der Waals surface area contributed by atoms with Crippen molar-refractivity contribution in [2.75, 3.05) is 6.54 Å². The Bertz CT molecular complexity index is 232. The standard InChI is InChI=1S/C8H15N3.ClH/c1-4-9-6-8-5-7(2)10-11(8)3;/h5,9H,4,6H2,1-3H3;1H. The summed E-state index contributed by atoms with van der Waals surface area (Å²) in [6.45, 7) is 6.02. The molecule has 4 heteroatoms. The van der Waals surface area contributed by atoms with Gasteiger partial charge in [-0.05, 0) is 19.5 Å². The van der Waals surface area contributed by atoms with Gasteiger partial charge in [0.2, 0.25) is 0 Å². The van der Waals surface area contributed by atoms with Crippen molar-refractivity contribution in [2.24, 2.45) is 7.05 Å². The van der Waals surface area contributed by atoms with Crippen LogP contribution in [-0.2, 0) is 13.6 Å². The zero-order chi connectivity index (χ0) is 8.27. The molecule has 0 radical (unpaired) electrons. The molecule has 0 saturated heterocycles. The lowest BCUT2D eigenvalue weighted by Gasteiger charge is -2.00. The van der Waals surface area contributed by atoms with Gasteiger partial charge < -0.3 is 5.32 Å². The molecule has 0 aliphatic heterocycles. The first kappa shape index (κ1) is 11.5. The molecule has 1 aromatic rings. The van der Waals surface area contributed by atoms with E-state index in [2.05, 4.69) is 23.4 Å². The topological polar surface area (TPSA) is 29.9 Å².